The van der Waals surface area contributed by atoms with Crippen molar-refractivity contribution in [3.63, 3.8) is 0 Å². The summed E-state index contributed by atoms with van der Waals surface area (Å²) in [5, 5.41) is 0. The predicted molar refractivity (Wildman–Crippen MR) is 431 cm³/mol. The second-order valence-electron chi connectivity index (χ2n) is 27.0. The quantitative estimate of drug-likeness (QED) is 0.0730. The summed E-state index contributed by atoms with van der Waals surface area (Å²) in [5.74, 6) is -7.95. The van der Waals surface area contributed by atoms with Gasteiger partial charge in [-0.05, 0) is 106 Å². The van der Waals surface area contributed by atoms with Crippen molar-refractivity contribution in [3.05, 3.63) is 408 Å². The standard InChI is InChI=1S/2C24H20N2O3.2C23H18N2O3/c27-22-21(20-14-8-3-9-15-20)23(28)26(17-19-12-6-2-7-13-19)24(29)25(22)16-18-10-4-1-5-11-18;27-22-21(16-18-10-4-1-5-11-18)23(28)26(20-14-8-3-9-15-20)24(29)25(22)17-19-12-6-2-7-13-19;26-21-20(18-12-6-2-7-13-18)22(27)25(19-14-8-3-9-15-19)23(28)24(21)16-17-10-4-1-5-11-17;26-21-20(16-17-10-4-1-5-11-17)22(27)25(19-14-8-3-9-15-19)23(28)24(21)18-12-6-2-7-13-18/h2*1-15,21H,16-17H2;2*1-15,20H,16H2. The van der Waals surface area contributed by atoms with E-state index in [0.29, 0.717) is 33.9 Å². The van der Waals surface area contributed by atoms with Crippen LogP contribution in [0.1, 0.15) is 56.3 Å². The number of nitrogens with zero attached hydrogens (tertiary/aromatic N) is 8. The molecular formula is C94H76N8O12. The van der Waals surface area contributed by atoms with Crippen molar-refractivity contribution in [1.82, 2.24) is 19.6 Å². The lowest BCUT2D eigenvalue weighted by Gasteiger charge is -2.37. The molecule has 4 fully saturated rings. The van der Waals surface area contributed by atoms with E-state index < -0.39 is 95.1 Å². The molecule has 2 atom stereocenters. The van der Waals surface area contributed by atoms with Gasteiger partial charge in [-0.25, -0.2) is 38.8 Å². The Balaban J connectivity index is 0.000000133. The molecule has 0 spiro atoms. The molecule has 0 aliphatic carbocycles. The number of rotatable bonds is 18. The van der Waals surface area contributed by atoms with E-state index in [9.17, 15) is 57.5 Å². The first kappa shape index (κ1) is 77.2. The molecule has 12 aromatic rings. The zero-order valence-electron chi connectivity index (χ0n) is 61.7. The maximum Gasteiger partial charge on any atom is 0.342 e. The van der Waals surface area contributed by atoms with Gasteiger partial charge in [0.15, 0.2) is 0 Å². The van der Waals surface area contributed by atoms with E-state index in [2.05, 4.69) is 0 Å². The first-order valence-corrected chi connectivity index (χ1v) is 36.9. The minimum absolute atomic E-state index is 0.110. The molecule has 4 aliphatic heterocycles. The first-order chi connectivity index (χ1) is 55.6. The second kappa shape index (κ2) is 36.5. The highest BCUT2D eigenvalue weighted by Gasteiger charge is 2.51. The van der Waals surface area contributed by atoms with Crippen LogP contribution in [-0.4, -0.2) is 91.0 Å². The summed E-state index contributed by atoms with van der Waals surface area (Å²) in [7, 11) is 0. The fraction of sp³-hybridized carbons (Fsp3) is 0.106. The number of hydrogen-bond acceptors (Lipinski definition) is 12. The van der Waals surface area contributed by atoms with Gasteiger partial charge in [-0.3, -0.25) is 58.0 Å². The molecule has 0 bridgehead atoms. The molecule has 4 heterocycles. The summed E-state index contributed by atoms with van der Waals surface area (Å²) >= 11 is 0. The number of carbonyl (C=O) groups excluding carboxylic acids is 12. The van der Waals surface area contributed by atoms with E-state index in [-0.39, 0.29) is 39.0 Å². The van der Waals surface area contributed by atoms with E-state index >= 15 is 0 Å². The van der Waals surface area contributed by atoms with Gasteiger partial charge in [0.1, 0.15) is 23.7 Å². The third kappa shape index (κ3) is 17.7. The number of amides is 16. The minimum Gasteiger partial charge on any atom is -0.273 e. The van der Waals surface area contributed by atoms with Crippen LogP contribution in [0.15, 0.2) is 364 Å². The summed E-state index contributed by atoms with van der Waals surface area (Å²) in [4.78, 5) is 167. The van der Waals surface area contributed by atoms with E-state index in [1.165, 1.54) is 14.7 Å². The van der Waals surface area contributed by atoms with Gasteiger partial charge in [-0.2, -0.15) is 0 Å². The van der Waals surface area contributed by atoms with Gasteiger partial charge in [0.25, 0.3) is 5.91 Å². The highest BCUT2D eigenvalue weighted by atomic mass is 16.2. The summed E-state index contributed by atoms with van der Waals surface area (Å²) in [6.45, 7) is 0.486. The number of para-hydroxylation sites is 4. The average Bonchev–Trinajstić information content (AvgIpc) is 0.813. The fourth-order valence-corrected chi connectivity index (χ4v) is 13.7. The highest BCUT2D eigenvalue weighted by Crippen LogP contribution is 2.36. The summed E-state index contributed by atoms with van der Waals surface area (Å²) < 4.78 is 0. The van der Waals surface area contributed by atoms with Gasteiger partial charge in [-0.1, -0.05) is 315 Å². The lowest BCUT2D eigenvalue weighted by Crippen LogP contribution is -2.61. The van der Waals surface area contributed by atoms with Gasteiger partial charge < -0.3 is 0 Å². The van der Waals surface area contributed by atoms with Crippen molar-refractivity contribution in [2.24, 2.45) is 11.8 Å². The van der Waals surface area contributed by atoms with Gasteiger partial charge in [-0.15, -0.1) is 0 Å². The molecular weight excluding hydrogens is 1430 g/mol. The SMILES string of the molecule is O=C1C(Cc2ccccc2)C(=O)N(c2ccccc2)C(=O)N1Cc1ccccc1.O=C1C(Cc2ccccc2)C(=O)N(c2ccccc2)C(=O)N1c1ccccc1.O=C1C(c2ccccc2)C(=O)N(Cc2ccccc2)C(=O)N1Cc1ccccc1.O=C1C(c2ccccc2)C(=O)N(c2ccccc2)C(=O)N1Cc1ccccc1. The molecule has 2 unspecified atom stereocenters. The smallest absolute Gasteiger partial charge is 0.273 e. The van der Waals surface area contributed by atoms with Crippen molar-refractivity contribution < 1.29 is 57.5 Å². The molecule has 0 radical (unpaired) electrons. The Bertz CT molecular complexity index is 4810. The van der Waals surface area contributed by atoms with Crippen molar-refractivity contribution in [2.75, 3.05) is 19.6 Å². The Morgan fingerprint density at radius 1 is 0.175 bits per heavy atom. The molecule has 0 aromatic heterocycles. The number of benzene rings is 12. The Morgan fingerprint density at radius 3 is 0.640 bits per heavy atom. The zero-order chi connectivity index (χ0) is 79.5. The average molecular weight is 1510 g/mol. The molecule has 564 valence electrons. The number of urea groups is 4. The largest absolute Gasteiger partial charge is 0.342 e. The Kier molecular flexibility index (Phi) is 24.8. The van der Waals surface area contributed by atoms with E-state index in [0.717, 1.165) is 57.9 Å². The van der Waals surface area contributed by atoms with Crippen LogP contribution in [0.2, 0.25) is 0 Å². The van der Waals surface area contributed by atoms with E-state index in [1.54, 1.807) is 146 Å². The third-order valence-corrected chi connectivity index (χ3v) is 19.4. The van der Waals surface area contributed by atoms with E-state index in [4.69, 9.17) is 0 Å². The molecule has 4 saturated heterocycles. The topological polar surface area (TPSA) is 231 Å². The van der Waals surface area contributed by atoms with Gasteiger partial charge in [0, 0.05) is 0 Å². The van der Waals surface area contributed by atoms with Gasteiger partial charge in [0.05, 0.1) is 48.9 Å². The third-order valence-electron chi connectivity index (χ3n) is 19.4. The molecule has 0 N–H and O–H groups in total. The molecule has 114 heavy (non-hydrogen) atoms. The normalized spacial score (nSPS) is 16.1. The minimum atomic E-state index is -1.05. The molecule has 12 aromatic carbocycles. The second-order valence-corrected chi connectivity index (χ2v) is 27.0. The lowest BCUT2D eigenvalue weighted by atomic mass is 9.93. The Labute approximate surface area is 658 Å². The summed E-state index contributed by atoms with van der Waals surface area (Å²) in [6, 6.07) is 106. The van der Waals surface area contributed by atoms with Crippen molar-refractivity contribution >= 4 is 94.1 Å². The summed E-state index contributed by atoms with van der Waals surface area (Å²) in [6.07, 6.45) is 0.485. The zero-order valence-corrected chi connectivity index (χ0v) is 61.7. The predicted octanol–water partition coefficient (Wildman–Crippen LogP) is 16.0. The molecule has 16 rings (SSSR count). The lowest BCUT2D eigenvalue weighted by molar-refractivity contribution is -0.146. The number of hydrogen-bond donors (Lipinski definition) is 0. The Morgan fingerprint density at radius 2 is 0.368 bits per heavy atom. The molecule has 20 nitrogen and oxygen atoms in total. The van der Waals surface area contributed by atoms with Gasteiger partial charge in [0.2, 0.25) is 41.4 Å². The summed E-state index contributed by atoms with van der Waals surface area (Å²) in [5.41, 5.74) is 8.02. The molecule has 16 amide bonds. The monoisotopic (exact) mass is 1510 g/mol. The first-order valence-electron chi connectivity index (χ1n) is 36.9. The highest BCUT2D eigenvalue weighted by molar-refractivity contribution is 6.37. The van der Waals surface area contributed by atoms with Crippen LogP contribution in [0.5, 0.6) is 0 Å². The van der Waals surface area contributed by atoms with Crippen LogP contribution >= 0.6 is 0 Å². The number of carbonyl (C=O) groups is 12. The van der Waals surface area contributed by atoms with Crippen LogP contribution < -0.4 is 19.6 Å². The van der Waals surface area contributed by atoms with Crippen LogP contribution in [0.4, 0.5) is 41.9 Å². The molecule has 0 saturated carbocycles. The van der Waals surface area contributed by atoms with Crippen molar-refractivity contribution in [1.29, 1.82) is 0 Å². The number of imide groups is 8. The van der Waals surface area contributed by atoms with Crippen LogP contribution in [0.25, 0.3) is 0 Å². The molecule has 20 heteroatoms. The number of barbiturate groups is 4. The van der Waals surface area contributed by atoms with Crippen LogP contribution in [-0.2, 0) is 77.4 Å². The van der Waals surface area contributed by atoms with E-state index in [1.807, 2.05) is 218 Å². The van der Waals surface area contributed by atoms with Crippen molar-refractivity contribution in [3.8, 4) is 0 Å². The molecule has 4 aliphatic rings. The fourth-order valence-electron chi connectivity index (χ4n) is 13.7. The van der Waals surface area contributed by atoms with Crippen LogP contribution in [0, 0.1) is 11.8 Å². The maximum atomic E-state index is 13.2. The number of anilines is 4. The van der Waals surface area contributed by atoms with Crippen LogP contribution in [0.3, 0.4) is 0 Å². The Hall–Kier alpha value is -14.9. The van der Waals surface area contributed by atoms with Crippen molar-refractivity contribution in [2.45, 2.75) is 50.9 Å². The maximum absolute atomic E-state index is 13.2. The van der Waals surface area contributed by atoms with Gasteiger partial charge >= 0.3 is 24.1 Å².